The number of nitrogens with zero attached hydrogens (tertiary/aromatic N) is 1. The maximum absolute atomic E-state index is 12.9. The van der Waals surface area contributed by atoms with E-state index in [0.29, 0.717) is 12.0 Å². The smallest absolute Gasteiger partial charge is 0.254 e. The summed E-state index contributed by atoms with van der Waals surface area (Å²) in [5, 5.41) is 11.0. The van der Waals surface area contributed by atoms with Crippen LogP contribution in [0, 0.1) is 0 Å². The second kappa shape index (κ2) is 7.57. The SMILES string of the molecule is CC(c1cc2ccccc2[nH]1)N(C)C(=O)c1ccc(CCC(C)(C)O)cc1. The number of aliphatic hydroxyl groups is 1. The van der Waals surface area contributed by atoms with Gasteiger partial charge in [0.25, 0.3) is 5.91 Å². The van der Waals surface area contributed by atoms with Gasteiger partial charge in [-0.3, -0.25) is 4.79 Å². The molecule has 0 aliphatic rings. The molecule has 4 heteroatoms. The molecule has 0 spiro atoms. The van der Waals surface area contributed by atoms with Crippen LogP contribution in [0.1, 0.15) is 54.8 Å². The summed E-state index contributed by atoms with van der Waals surface area (Å²) in [6.07, 6.45) is 1.48. The molecule has 0 aliphatic carbocycles. The summed E-state index contributed by atoms with van der Waals surface area (Å²) in [5.41, 5.74) is 3.22. The number of aryl methyl sites for hydroxylation is 1. The summed E-state index contributed by atoms with van der Waals surface area (Å²) >= 11 is 0. The van der Waals surface area contributed by atoms with Crippen molar-refractivity contribution in [1.29, 1.82) is 0 Å². The van der Waals surface area contributed by atoms with Crippen molar-refractivity contribution < 1.29 is 9.90 Å². The second-order valence-corrected chi connectivity index (χ2v) is 7.91. The monoisotopic (exact) mass is 364 g/mol. The average Bonchev–Trinajstić information content (AvgIpc) is 3.08. The molecule has 1 aromatic heterocycles. The lowest BCUT2D eigenvalue weighted by Gasteiger charge is -2.24. The van der Waals surface area contributed by atoms with Gasteiger partial charge in [0.15, 0.2) is 0 Å². The predicted molar refractivity (Wildman–Crippen MR) is 110 cm³/mol. The van der Waals surface area contributed by atoms with Crippen LogP contribution < -0.4 is 0 Å². The van der Waals surface area contributed by atoms with Crippen LogP contribution in [0.2, 0.25) is 0 Å². The zero-order valence-electron chi connectivity index (χ0n) is 16.5. The Kier molecular flexibility index (Phi) is 5.38. The van der Waals surface area contributed by atoms with Gasteiger partial charge in [-0.05, 0) is 68.8 Å². The van der Waals surface area contributed by atoms with Crippen LogP contribution in [0.15, 0.2) is 54.6 Å². The van der Waals surface area contributed by atoms with Crippen molar-refractivity contribution in [3.8, 4) is 0 Å². The minimum atomic E-state index is -0.677. The first kappa shape index (κ1) is 19.2. The number of benzene rings is 2. The molecule has 0 bridgehead atoms. The molecular formula is C23H28N2O2. The first-order valence-electron chi connectivity index (χ1n) is 9.41. The lowest BCUT2D eigenvalue weighted by atomic mass is 9.98. The van der Waals surface area contributed by atoms with Crippen LogP contribution in [0.5, 0.6) is 0 Å². The molecular weight excluding hydrogens is 336 g/mol. The molecule has 4 nitrogen and oxygen atoms in total. The molecule has 2 N–H and O–H groups in total. The van der Waals surface area contributed by atoms with Crippen molar-refractivity contribution in [3.05, 3.63) is 71.4 Å². The Hall–Kier alpha value is -2.59. The first-order valence-corrected chi connectivity index (χ1v) is 9.41. The summed E-state index contributed by atoms with van der Waals surface area (Å²) in [5.74, 6) is -0.00445. The molecule has 2 aromatic carbocycles. The number of nitrogens with one attached hydrogen (secondary N) is 1. The predicted octanol–water partition coefficient (Wildman–Crippen LogP) is 4.70. The molecule has 1 unspecified atom stereocenters. The van der Waals surface area contributed by atoms with Crippen LogP contribution in [-0.2, 0) is 6.42 Å². The number of carbonyl (C=O) groups excluding carboxylic acids is 1. The Morgan fingerprint density at radius 2 is 1.81 bits per heavy atom. The van der Waals surface area contributed by atoms with Gasteiger partial charge in [0.1, 0.15) is 0 Å². The highest BCUT2D eigenvalue weighted by Crippen LogP contribution is 2.24. The molecule has 1 amide bonds. The summed E-state index contributed by atoms with van der Waals surface area (Å²) in [6.45, 7) is 5.65. The van der Waals surface area contributed by atoms with E-state index in [1.165, 1.54) is 0 Å². The van der Waals surface area contributed by atoms with E-state index in [2.05, 4.69) is 17.1 Å². The molecule has 1 heterocycles. The second-order valence-electron chi connectivity index (χ2n) is 7.91. The summed E-state index contributed by atoms with van der Waals surface area (Å²) < 4.78 is 0. The number of hydrogen-bond acceptors (Lipinski definition) is 2. The first-order chi connectivity index (χ1) is 12.7. The minimum Gasteiger partial charge on any atom is -0.390 e. The highest BCUT2D eigenvalue weighted by atomic mass is 16.3. The van der Waals surface area contributed by atoms with Gasteiger partial charge in [0, 0.05) is 23.8 Å². The van der Waals surface area contributed by atoms with Crippen molar-refractivity contribution >= 4 is 16.8 Å². The molecule has 142 valence electrons. The summed E-state index contributed by atoms with van der Waals surface area (Å²) in [4.78, 5) is 18.0. The third-order valence-electron chi connectivity index (χ3n) is 5.13. The third kappa shape index (κ3) is 4.58. The van der Waals surface area contributed by atoms with E-state index in [1.807, 2.05) is 70.3 Å². The van der Waals surface area contributed by atoms with Gasteiger partial charge in [0.2, 0.25) is 0 Å². The fourth-order valence-corrected chi connectivity index (χ4v) is 3.17. The van der Waals surface area contributed by atoms with E-state index in [-0.39, 0.29) is 11.9 Å². The Bertz CT molecular complexity index is 886. The van der Waals surface area contributed by atoms with Crippen molar-refractivity contribution in [1.82, 2.24) is 9.88 Å². The van der Waals surface area contributed by atoms with Crippen molar-refractivity contribution in [3.63, 3.8) is 0 Å². The number of fused-ring (bicyclic) bond motifs is 1. The number of aromatic amines is 1. The van der Waals surface area contributed by atoms with Crippen LogP contribution in [0.3, 0.4) is 0 Å². The zero-order chi connectivity index (χ0) is 19.6. The highest BCUT2D eigenvalue weighted by Gasteiger charge is 2.20. The maximum atomic E-state index is 12.9. The van der Waals surface area contributed by atoms with Crippen molar-refractivity contribution in [2.24, 2.45) is 0 Å². The molecule has 27 heavy (non-hydrogen) atoms. The number of hydrogen-bond donors (Lipinski definition) is 2. The number of carbonyl (C=O) groups is 1. The molecule has 0 fully saturated rings. The minimum absolute atomic E-state index is 0.00445. The van der Waals surface area contributed by atoms with Crippen molar-refractivity contribution in [2.75, 3.05) is 7.05 Å². The quantitative estimate of drug-likeness (QED) is 0.666. The molecule has 0 saturated heterocycles. The van der Waals surface area contributed by atoms with Gasteiger partial charge in [0.05, 0.1) is 11.6 Å². The van der Waals surface area contributed by atoms with E-state index >= 15 is 0 Å². The fraction of sp³-hybridized carbons (Fsp3) is 0.348. The maximum Gasteiger partial charge on any atom is 0.254 e. The summed E-state index contributed by atoms with van der Waals surface area (Å²) in [6, 6.07) is 17.9. The number of rotatable bonds is 6. The molecule has 1 atom stereocenters. The van der Waals surface area contributed by atoms with Crippen LogP contribution in [-0.4, -0.2) is 33.5 Å². The van der Waals surface area contributed by atoms with E-state index in [1.54, 1.807) is 4.90 Å². The lowest BCUT2D eigenvalue weighted by molar-refractivity contribution is 0.0711. The standard InChI is InChI=1S/C23H28N2O2/c1-16(21-15-19-7-5-6-8-20(19)24-21)25(4)22(26)18-11-9-17(10-12-18)13-14-23(2,3)27/h5-12,15-16,24,27H,13-14H2,1-4H3. The number of H-pyrrole nitrogens is 1. The van der Waals surface area contributed by atoms with E-state index in [0.717, 1.165) is 28.6 Å². The van der Waals surface area contributed by atoms with Gasteiger partial charge in [-0.2, -0.15) is 0 Å². The van der Waals surface area contributed by atoms with Crippen molar-refractivity contribution in [2.45, 2.75) is 45.3 Å². The molecule has 0 aliphatic heterocycles. The molecule has 0 saturated carbocycles. The normalized spacial score (nSPS) is 12.9. The Labute approximate surface area is 160 Å². The van der Waals surface area contributed by atoms with Gasteiger partial charge in [-0.25, -0.2) is 0 Å². The van der Waals surface area contributed by atoms with Crippen LogP contribution in [0.25, 0.3) is 10.9 Å². The number of aromatic nitrogens is 1. The highest BCUT2D eigenvalue weighted by molar-refractivity contribution is 5.94. The number of amides is 1. The van der Waals surface area contributed by atoms with Gasteiger partial charge >= 0.3 is 0 Å². The molecule has 3 aromatic rings. The Morgan fingerprint density at radius 1 is 1.15 bits per heavy atom. The Morgan fingerprint density at radius 3 is 2.44 bits per heavy atom. The topological polar surface area (TPSA) is 56.3 Å². The largest absolute Gasteiger partial charge is 0.390 e. The molecule has 0 radical (unpaired) electrons. The van der Waals surface area contributed by atoms with Gasteiger partial charge in [-0.1, -0.05) is 30.3 Å². The van der Waals surface area contributed by atoms with Crippen LogP contribution in [0.4, 0.5) is 0 Å². The van der Waals surface area contributed by atoms with E-state index in [4.69, 9.17) is 0 Å². The van der Waals surface area contributed by atoms with E-state index in [9.17, 15) is 9.90 Å². The van der Waals surface area contributed by atoms with Crippen LogP contribution >= 0.6 is 0 Å². The lowest BCUT2D eigenvalue weighted by Crippen LogP contribution is -2.29. The third-order valence-corrected chi connectivity index (χ3v) is 5.13. The average molecular weight is 364 g/mol. The summed E-state index contributed by atoms with van der Waals surface area (Å²) in [7, 11) is 1.83. The Balaban J connectivity index is 1.70. The van der Waals surface area contributed by atoms with E-state index < -0.39 is 5.60 Å². The zero-order valence-corrected chi connectivity index (χ0v) is 16.5. The van der Waals surface area contributed by atoms with Gasteiger partial charge in [-0.15, -0.1) is 0 Å². The molecule has 3 rings (SSSR count). The number of para-hydroxylation sites is 1. The fourth-order valence-electron chi connectivity index (χ4n) is 3.17. The van der Waals surface area contributed by atoms with Gasteiger partial charge < -0.3 is 15.0 Å².